The largest absolute Gasteiger partial charge is 0.463 e. The predicted octanol–water partition coefficient (Wildman–Crippen LogP) is 7.13. The van der Waals surface area contributed by atoms with Crippen LogP contribution in [0.25, 0.3) is 0 Å². The second kappa shape index (κ2) is 30.5. The lowest BCUT2D eigenvalue weighted by Gasteiger charge is -2.48. The molecule has 0 bridgehead atoms. The number of Topliss-reactive ketones (excluding diaryl/α,β-unsaturated/α-hetero) is 2. The van der Waals surface area contributed by atoms with Crippen molar-refractivity contribution in [1.29, 1.82) is 0 Å². The number of likely N-dealkylation sites (tertiary alicyclic amines) is 1. The van der Waals surface area contributed by atoms with E-state index < -0.39 is 76.7 Å². The van der Waals surface area contributed by atoms with Gasteiger partial charge < -0.3 is 62.6 Å². The predicted molar refractivity (Wildman–Crippen MR) is 334 cm³/mol. The molecule has 1 unspecified atom stereocenters. The first-order valence-electron chi connectivity index (χ1n) is 33.2. The van der Waals surface area contributed by atoms with Gasteiger partial charge in [0.05, 0.1) is 35.6 Å². The third-order valence-corrected chi connectivity index (χ3v) is 21.8. The number of rotatable bonds is 18. The molecule has 1 saturated carbocycles. The highest BCUT2D eigenvalue weighted by molar-refractivity contribution is 6.05. The number of hydrogen-bond donors (Lipinski definition) is 1. The van der Waals surface area contributed by atoms with E-state index in [0.717, 1.165) is 52.0 Å². The molecule has 498 valence electrons. The molecule has 0 aromatic rings. The summed E-state index contributed by atoms with van der Waals surface area (Å²) in [6.07, 6.45) is 0.0601. The summed E-state index contributed by atoms with van der Waals surface area (Å²) in [6.45, 7) is 33.6. The zero-order chi connectivity index (χ0) is 64.1. The number of carbonyl (C=O) groups excluding carboxylic acids is 4. The number of methoxy groups -OCH3 is 2. The average Bonchev–Trinajstić information content (AvgIpc) is 1.33. The van der Waals surface area contributed by atoms with E-state index in [-0.39, 0.29) is 91.2 Å². The fourth-order valence-corrected chi connectivity index (χ4v) is 16.0. The first-order chi connectivity index (χ1) is 40.2. The van der Waals surface area contributed by atoms with Crippen LogP contribution in [0.3, 0.4) is 0 Å². The molecule has 0 radical (unpaired) electrons. The summed E-state index contributed by atoms with van der Waals surface area (Å²) in [5.74, 6) is -2.93. The molecule has 6 rings (SSSR count). The Morgan fingerprint density at radius 3 is 1.84 bits per heavy atom. The maximum absolute atomic E-state index is 16.4. The maximum atomic E-state index is 16.4. The van der Waals surface area contributed by atoms with Crippen molar-refractivity contribution in [3.8, 4) is 0 Å². The van der Waals surface area contributed by atoms with Gasteiger partial charge in [0.25, 0.3) is 0 Å². The first kappa shape index (κ1) is 72.8. The number of aliphatic hydroxyl groups excluding tert-OH is 1. The molecule has 19 heteroatoms. The lowest BCUT2D eigenvalue weighted by Crippen LogP contribution is -2.60. The molecule has 0 spiro atoms. The fourth-order valence-electron chi connectivity index (χ4n) is 16.0. The Hall–Kier alpha value is -2.24. The van der Waals surface area contributed by atoms with Gasteiger partial charge in [-0.25, -0.2) is 0 Å². The van der Waals surface area contributed by atoms with Gasteiger partial charge in [-0.15, -0.1) is 0 Å². The van der Waals surface area contributed by atoms with Crippen molar-refractivity contribution in [2.75, 3.05) is 116 Å². The Bertz CT molecular complexity index is 2200. The summed E-state index contributed by atoms with van der Waals surface area (Å²) in [5.41, 5.74) is -5.49. The first-order valence-corrected chi connectivity index (χ1v) is 33.2. The number of ketones is 2. The molecular formula is C67H122N6O13. The summed E-state index contributed by atoms with van der Waals surface area (Å²) in [4.78, 5) is 75.6. The van der Waals surface area contributed by atoms with Crippen LogP contribution in [0.5, 0.6) is 0 Å². The Balaban J connectivity index is 1.48. The number of hydrogen-bond acceptors (Lipinski definition) is 19. The van der Waals surface area contributed by atoms with E-state index in [1.54, 1.807) is 35.0 Å². The Morgan fingerprint density at radius 2 is 1.26 bits per heavy atom. The zero-order valence-electron chi connectivity index (χ0n) is 57.7. The Kier molecular flexibility index (Phi) is 25.8. The van der Waals surface area contributed by atoms with Crippen molar-refractivity contribution in [2.45, 2.75) is 239 Å². The van der Waals surface area contributed by atoms with E-state index >= 15 is 14.4 Å². The van der Waals surface area contributed by atoms with Crippen molar-refractivity contribution < 1.29 is 62.2 Å². The van der Waals surface area contributed by atoms with Gasteiger partial charge in [-0.1, -0.05) is 48.5 Å². The van der Waals surface area contributed by atoms with E-state index in [1.807, 2.05) is 60.5 Å². The maximum Gasteiger partial charge on any atom is 0.319 e. The minimum atomic E-state index is -1.72. The Labute approximate surface area is 520 Å². The number of ether oxygens (including phenoxy) is 8. The molecule has 0 amide bonds. The van der Waals surface area contributed by atoms with Crippen LogP contribution in [0.2, 0.25) is 0 Å². The van der Waals surface area contributed by atoms with Crippen LogP contribution in [0.15, 0.2) is 0 Å². The highest BCUT2D eigenvalue weighted by Crippen LogP contribution is 2.45. The summed E-state index contributed by atoms with van der Waals surface area (Å²) in [6, 6.07) is -0.0214. The monoisotopic (exact) mass is 1220 g/mol. The molecule has 5 aliphatic heterocycles. The molecule has 1 N–H and O–H groups in total. The van der Waals surface area contributed by atoms with Crippen molar-refractivity contribution in [2.24, 2.45) is 52.3 Å². The highest BCUT2D eigenvalue weighted by Gasteiger charge is 2.56. The number of nitrogens with zero attached hydrogens (tertiary/aromatic N) is 6. The van der Waals surface area contributed by atoms with Crippen molar-refractivity contribution in [1.82, 2.24) is 29.4 Å². The molecule has 1 aliphatic carbocycles. The van der Waals surface area contributed by atoms with Crippen LogP contribution >= 0.6 is 0 Å². The van der Waals surface area contributed by atoms with Gasteiger partial charge >= 0.3 is 11.9 Å². The molecule has 6 fully saturated rings. The standard InChI is InChI=1S/C67H122N6O13/c1-23-70(19)51-29-48(30-51)53-39-81-62(77)64(10,11)57(75)45(8)59(85-55-31-50(68(15)16)27-43(6)83-55)67(14,80-22)33-47(36-71(53)20)25-26-65(12)58(76)46(9)60(86-61-56(74)52(69(17)18)28-44(7)84-61)66(13,79-21)32-42(5)35-73(24-2)54(40-82-63(65)78)49-37-72(38-49)34-41(3)4/h41-56,59-61,74H,23-40H2,1-22H3/t42-,43-,44-,45+,46+,47-,48?,50+,51?,52+,53+,54+,55+,56-,59-,60-,61+,65?,66-,67-/m1/s1. The van der Waals surface area contributed by atoms with Crippen LogP contribution < -0.4 is 0 Å². The lowest BCUT2D eigenvalue weighted by atomic mass is 9.69. The van der Waals surface area contributed by atoms with Gasteiger partial charge in [-0.2, -0.15) is 0 Å². The van der Waals surface area contributed by atoms with E-state index in [0.29, 0.717) is 57.2 Å². The zero-order valence-corrected chi connectivity index (χ0v) is 57.7. The van der Waals surface area contributed by atoms with Crippen LogP contribution in [0.1, 0.15) is 155 Å². The summed E-state index contributed by atoms with van der Waals surface area (Å²) >= 11 is 0. The second-order valence-electron chi connectivity index (χ2n) is 30.1. The third kappa shape index (κ3) is 16.9. The number of aliphatic hydroxyl groups is 1. The van der Waals surface area contributed by atoms with Gasteiger partial charge in [0.1, 0.15) is 30.1 Å². The van der Waals surface area contributed by atoms with Crippen molar-refractivity contribution >= 4 is 23.5 Å². The van der Waals surface area contributed by atoms with Gasteiger partial charge in [-0.05, 0) is 179 Å². The van der Waals surface area contributed by atoms with E-state index in [1.165, 1.54) is 0 Å². The van der Waals surface area contributed by atoms with Gasteiger partial charge in [0.2, 0.25) is 0 Å². The topological polar surface area (TPSA) is 182 Å². The third-order valence-electron chi connectivity index (χ3n) is 21.8. The highest BCUT2D eigenvalue weighted by atomic mass is 16.7. The minimum absolute atomic E-state index is 0.0544. The van der Waals surface area contributed by atoms with Crippen LogP contribution in [0.4, 0.5) is 0 Å². The molecule has 0 aromatic heterocycles. The molecule has 6 aliphatic rings. The second-order valence-corrected chi connectivity index (χ2v) is 30.1. The average molecular weight is 1220 g/mol. The normalized spacial score (nSPS) is 41.3. The van der Waals surface area contributed by atoms with Gasteiger partial charge in [0, 0.05) is 101 Å². The molecule has 18 atom stereocenters. The number of likely N-dealkylation sites (N-methyl/N-ethyl adjacent to an activating group) is 3. The lowest BCUT2D eigenvalue weighted by molar-refractivity contribution is -0.295. The number of esters is 2. The molecule has 5 heterocycles. The molecule has 19 nitrogen and oxygen atoms in total. The molecule has 0 aromatic carbocycles. The van der Waals surface area contributed by atoms with Crippen LogP contribution in [-0.2, 0) is 57.1 Å². The Morgan fingerprint density at radius 1 is 0.674 bits per heavy atom. The van der Waals surface area contributed by atoms with Crippen molar-refractivity contribution in [3.05, 3.63) is 0 Å². The minimum Gasteiger partial charge on any atom is -0.463 e. The smallest absolute Gasteiger partial charge is 0.319 e. The molecule has 86 heavy (non-hydrogen) atoms. The SMILES string of the molecule is CCN(C)C1CC([C@@H]2COC(=O)C(C)(C)C(=O)[C@H](C)[C@@H](O[C@H]3C[C@@H](N(C)C)C[C@@H](C)O3)[C@](C)(OC)C[C@@H](CCC3(C)C(=O)OC[C@@H](C4CN(CC(C)C)C4)N(CC)C[C@H](C)C[C@@](C)(OC)[C@H](O[C@@H]4O[C@H](C)C[C@H](N(C)C)[C@H]4O)[C@@H](C)C3=O)CN2C)C1. The summed E-state index contributed by atoms with van der Waals surface area (Å²) < 4.78 is 53.7. The molecule has 5 saturated heterocycles. The fraction of sp³-hybridized carbons (Fsp3) is 0.940. The van der Waals surface area contributed by atoms with E-state index in [4.69, 9.17) is 37.9 Å². The van der Waals surface area contributed by atoms with E-state index in [2.05, 4.69) is 87.3 Å². The van der Waals surface area contributed by atoms with Gasteiger partial charge in [-0.3, -0.25) is 29.0 Å². The van der Waals surface area contributed by atoms with Crippen LogP contribution in [-0.4, -0.2) is 258 Å². The van der Waals surface area contributed by atoms with E-state index in [9.17, 15) is 9.90 Å². The van der Waals surface area contributed by atoms with Gasteiger partial charge in [0.15, 0.2) is 24.1 Å². The van der Waals surface area contributed by atoms with Crippen LogP contribution in [0, 0.1) is 52.3 Å². The number of carbonyl (C=O) groups is 4. The quantitative estimate of drug-likeness (QED) is 0.108. The summed E-state index contributed by atoms with van der Waals surface area (Å²) in [7, 11) is 15.5. The molecular weight excluding hydrogens is 1100 g/mol. The van der Waals surface area contributed by atoms with Crippen molar-refractivity contribution in [3.63, 3.8) is 0 Å². The number of cyclic esters (lactones) is 2. The summed E-state index contributed by atoms with van der Waals surface area (Å²) in [5, 5.41) is 12.0.